The van der Waals surface area contributed by atoms with Gasteiger partial charge in [-0.05, 0) is 43.7 Å². The van der Waals surface area contributed by atoms with Crippen LogP contribution < -0.4 is 4.74 Å². The van der Waals surface area contributed by atoms with Crippen molar-refractivity contribution in [2.45, 2.75) is 31.5 Å². The molecule has 1 aliphatic heterocycles. The zero-order valence-corrected chi connectivity index (χ0v) is 12.9. The first-order chi connectivity index (χ1) is 11.2. The van der Waals surface area contributed by atoms with Crippen LogP contribution in [0.15, 0.2) is 36.9 Å². The van der Waals surface area contributed by atoms with E-state index in [1.165, 1.54) is 18.5 Å². The van der Waals surface area contributed by atoms with Crippen LogP contribution in [0.3, 0.4) is 0 Å². The lowest BCUT2D eigenvalue weighted by molar-refractivity contribution is 0.0609. The third kappa shape index (κ3) is 4.49. The summed E-state index contributed by atoms with van der Waals surface area (Å²) in [6.07, 6.45) is 4.86. The molecule has 2 heterocycles. The molecular weight excluding hydrogens is 299 g/mol. The summed E-state index contributed by atoms with van der Waals surface area (Å²) in [6, 6.07) is 6.17. The molecule has 0 unspecified atom stereocenters. The molecule has 2 aromatic rings. The largest absolute Gasteiger partial charge is 0.491 e. The standard InChI is InChI=1S/C16H21FN4O2/c17-13-3-5-16(6-4-13)23-10-15(22)9-20-7-1-2-14(20)8-21-12-18-11-19-21/h3-6,11-12,14-15,22H,1-2,7-10H2/t14-,15+/m1/s1. The highest BCUT2D eigenvalue weighted by molar-refractivity contribution is 5.22. The van der Waals surface area contributed by atoms with E-state index >= 15 is 0 Å². The number of hydrogen-bond donors (Lipinski definition) is 1. The number of aromatic nitrogens is 3. The fraction of sp³-hybridized carbons (Fsp3) is 0.500. The normalized spacial score (nSPS) is 19.8. The molecule has 124 valence electrons. The minimum absolute atomic E-state index is 0.193. The van der Waals surface area contributed by atoms with Crippen molar-refractivity contribution in [1.29, 1.82) is 0 Å². The first-order valence-electron chi connectivity index (χ1n) is 7.83. The molecule has 3 rings (SSSR count). The van der Waals surface area contributed by atoms with Crippen molar-refractivity contribution in [3.63, 3.8) is 0 Å². The second kappa shape index (κ2) is 7.52. The summed E-state index contributed by atoms with van der Waals surface area (Å²) < 4.78 is 20.2. The highest BCUT2D eigenvalue weighted by atomic mass is 19.1. The first-order valence-corrected chi connectivity index (χ1v) is 7.83. The lowest BCUT2D eigenvalue weighted by atomic mass is 10.2. The highest BCUT2D eigenvalue weighted by Gasteiger charge is 2.26. The summed E-state index contributed by atoms with van der Waals surface area (Å²) in [6.45, 7) is 2.50. The third-order valence-corrected chi connectivity index (χ3v) is 4.06. The molecule has 0 bridgehead atoms. The Hall–Kier alpha value is -1.99. The number of rotatable bonds is 7. The molecule has 1 saturated heterocycles. The zero-order valence-electron chi connectivity index (χ0n) is 12.9. The van der Waals surface area contributed by atoms with Crippen molar-refractivity contribution in [3.05, 3.63) is 42.7 Å². The molecule has 23 heavy (non-hydrogen) atoms. The van der Waals surface area contributed by atoms with Gasteiger partial charge in [0.1, 0.15) is 36.9 Å². The molecule has 0 spiro atoms. The van der Waals surface area contributed by atoms with E-state index in [9.17, 15) is 9.50 Å². The second-order valence-electron chi connectivity index (χ2n) is 5.83. The lowest BCUT2D eigenvalue weighted by Gasteiger charge is -2.26. The predicted molar refractivity (Wildman–Crippen MR) is 82.5 cm³/mol. The van der Waals surface area contributed by atoms with Gasteiger partial charge >= 0.3 is 0 Å². The van der Waals surface area contributed by atoms with Crippen molar-refractivity contribution in [2.75, 3.05) is 19.7 Å². The molecule has 1 fully saturated rings. The number of halogens is 1. The van der Waals surface area contributed by atoms with Crippen LogP contribution in [-0.4, -0.2) is 56.6 Å². The number of hydrogen-bond acceptors (Lipinski definition) is 5. The molecule has 0 amide bonds. The van der Waals surface area contributed by atoms with E-state index in [4.69, 9.17) is 4.74 Å². The Morgan fingerprint density at radius 3 is 2.91 bits per heavy atom. The number of likely N-dealkylation sites (tertiary alicyclic amines) is 1. The Morgan fingerprint density at radius 2 is 2.17 bits per heavy atom. The quantitative estimate of drug-likeness (QED) is 0.834. The van der Waals surface area contributed by atoms with E-state index in [2.05, 4.69) is 15.0 Å². The van der Waals surface area contributed by atoms with E-state index in [0.29, 0.717) is 18.3 Å². The Morgan fingerprint density at radius 1 is 1.35 bits per heavy atom. The molecule has 1 N–H and O–H groups in total. The molecule has 1 aromatic carbocycles. The average molecular weight is 320 g/mol. The van der Waals surface area contributed by atoms with Gasteiger partial charge in [0.2, 0.25) is 0 Å². The number of ether oxygens (including phenoxy) is 1. The number of β-amino-alcohol motifs (C(OH)–C–C–N with tert-alkyl or cyclic N) is 1. The minimum atomic E-state index is -0.587. The van der Waals surface area contributed by atoms with Crippen LogP contribution in [-0.2, 0) is 6.54 Å². The topological polar surface area (TPSA) is 63.4 Å². The van der Waals surface area contributed by atoms with Crippen molar-refractivity contribution in [2.24, 2.45) is 0 Å². The third-order valence-electron chi connectivity index (χ3n) is 4.06. The SMILES string of the molecule is O[C@H](COc1ccc(F)cc1)CN1CCC[C@@H]1Cn1cncn1. The van der Waals surface area contributed by atoms with Crippen molar-refractivity contribution in [3.8, 4) is 5.75 Å². The van der Waals surface area contributed by atoms with Gasteiger partial charge in [-0.2, -0.15) is 5.10 Å². The van der Waals surface area contributed by atoms with E-state index in [1.54, 1.807) is 18.5 Å². The summed E-state index contributed by atoms with van der Waals surface area (Å²) in [5.74, 6) is 0.261. The summed E-state index contributed by atoms with van der Waals surface area (Å²) in [5.41, 5.74) is 0. The van der Waals surface area contributed by atoms with Crippen LogP contribution in [0.4, 0.5) is 4.39 Å². The van der Waals surface area contributed by atoms with E-state index in [-0.39, 0.29) is 12.4 Å². The van der Waals surface area contributed by atoms with Gasteiger partial charge in [0.05, 0.1) is 6.54 Å². The highest BCUT2D eigenvalue weighted by Crippen LogP contribution is 2.19. The molecular formula is C16H21FN4O2. The predicted octanol–water partition coefficient (Wildman–Crippen LogP) is 1.32. The van der Waals surface area contributed by atoms with Crippen LogP contribution in [0.1, 0.15) is 12.8 Å². The van der Waals surface area contributed by atoms with Crippen LogP contribution >= 0.6 is 0 Å². The molecule has 0 saturated carbocycles. The fourth-order valence-corrected chi connectivity index (χ4v) is 2.93. The summed E-state index contributed by atoms with van der Waals surface area (Å²) in [5, 5.41) is 14.3. The van der Waals surface area contributed by atoms with Crippen LogP contribution in [0.2, 0.25) is 0 Å². The fourth-order valence-electron chi connectivity index (χ4n) is 2.93. The summed E-state index contributed by atoms with van der Waals surface area (Å²) in [7, 11) is 0. The van der Waals surface area contributed by atoms with Crippen molar-refractivity contribution < 1.29 is 14.2 Å². The molecule has 7 heteroatoms. The number of aliphatic hydroxyl groups excluding tert-OH is 1. The molecule has 1 aromatic heterocycles. The van der Waals surface area contributed by atoms with E-state index in [1.807, 2.05) is 4.68 Å². The Balaban J connectivity index is 1.46. The molecule has 0 radical (unpaired) electrons. The monoisotopic (exact) mass is 320 g/mol. The molecule has 0 aliphatic carbocycles. The van der Waals surface area contributed by atoms with Gasteiger partial charge in [0, 0.05) is 12.6 Å². The number of aliphatic hydroxyl groups is 1. The number of nitrogens with zero attached hydrogens (tertiary/aromatic N) is 4. The first kappa shape index (κ1) is 15.9. The Kier molecular flexibility index (Phi) is 5.19. The van der Waals surface area contributed by atoms with Gasteiger partial charge in [-0.3, -0.25) is 9.58 Å². The minimum Gasteiger partial charge on any atom is -0.491 e. The maximum absolute atomic E-state index is 12.8. The van der Waals surface area contributed by atoms with Gasteiger partial charge in [-0.25, -0.2) is 9.37 Å². The zero-order chi connectivity index (χ0) is 16.1. The number of benzene rings is 1. The second-order valence-corrected chi connectivity index (χ2v) is 5.83. The lowest BCUT2D eigenvalue weighted by Crippen LogP contribution is -2.40. The van der Waals surface area contributed by atoms with Gasteiger partial charge in [0.15, 0.2) is 0 Å². The van der Waals surface area contributed by atoms with Crippen LogP contribution in [0.5, 0.6) is 5.75 Å². The maximum Gasteiger partial charge on any atom is 0.137 e. The Bertz CT molecular complexity index is 591. The van der Waals surface area contributed by atoms with Gasteiger partial charge in [-0.1, -0.05) is 0 Å². The van der Waals surface area contributed by atoms with Crippen molar-refractivity contribution in [1.82, 2.24) is 19.7 Å². The maximum atomic E-state index is 12.8. The average Bonchev–Trinajstić information content (AvgIpc) is 3.20. The molecule has 1 aliphatic rings. The van der Waals surface area contributed by atoms with Crippen LogP contribution in [0, 0.1) is 5.82 Å². The molecule has 6 nitrogen and oxygen atoms in total. The van der Waals surface area contributed by atoms with Gasteiger partial charge in [0.25, 0.3) is 0 Å². The molecule has 2 atom stereocenters. The van der Waals surface area contributed by atoms with Gasteiger partial charge < -0.3 is 9.84 Å². The van der Waals surface area contributed by atoms with Crippen LogP contribution in [0.25, 0.3) is 0 Å². The van der Waals surface area contributed by atoms with E-state index < -0.39 is 6.10 Å². The smallest absolute Gasteiger partial charge is 0.137 e. The van der Waals surface area contributed by atoms with E-state index in [0.717, 1.165) is 25.9 Å². The van der Waals surface area contributed by atoms with Gasteiger partial charge in [-0.15, -0.1) is 0 Å². The Labute approximate surface area is 134 Å². The summed E-state index contributed by atoms with van der Waals surface area (Å²) >= 11 is 0. The summed E-state index contributed by atoms with van der Waals surface area (Å²) in [4.78, 5) is 6.22. The van der Waals surface area contributed by atoms with Crippen molar-refractivity contribution >= 4 is 0 Å².